The Bertz CT molecular complexity index is 291. The molecule has 0 atom stereocenters. The molecule has 4 nitrogen and oxygen atoms in total. The second-order valence-electron chi connectivity index (χ2n) is 2.70. The number of rotatable bonds is 3. The Morgan fingerprint density at radius 2 is 2.42 bits per heavy atom. The highest BCUT2D eigenvalue weighted by molar-refractivity contribution is 5.87. The van der Waals surface area contributed by atoms with Gasteiger partial charge in [0.05, 0.1) is 6.20 Å². The SMILES string of the molecule is CCCn1ncc(C)c1C(=O)O. The first kappa shape index (κ1) is 8.77. The van der Waals surface area contributed by atoms with Crippen LogP contribution in [0.4, 0.5) is 0 Å². The lowest BCUT2D eigenvalue weighted by atomic mass is 10.3. The van der Waals surface area contributed by atoms with Gasteiger partial charge < -0.3 is 5.11 Å². The number of carboxylic acids is 1. The molecule has 0 spiro atoms. The van der Waals surface area contributed by atoms with E-state index in [0.29, 0.717) is 12.2 Å². The molecule has 0 amide bonds. The molecule has 1 N–H and O–H groups in total. The van der Waals surface area contributed by atoms with Crippen molar-refractivity contribution in [1.29, 1.82) is 0 Å². The molecular weight excluding hydrogens is 156 g/mol. The Morgan fingerprint density at radius 1 is 1.75 bits per heavy atom. The Kier molecular flexibility index (Phi) is 2.47. The highest BCUT2D eigenvalue weighted by Crippen LogP contribution is 2.07. The predicted molar refractivity (Wildman–Crippen MR) is 44.2 cm³/mol. The summed E-state index contributed by atoms with van der Waals surface area (Å²) < 4.78 is 1.53. The molecule has 0 unspecified atom stereocenters. The van der Waals surface area contributed by atoms with Crippen LogP contribution in [0, 0.1) is 6.92 Å². The van der Waals surface area contributed by atoms with E-state index in [1.54, 1.807) is 13.1 Å². The summed E-state index contributed by atoms with van der Waals surface area (Å²) in [5.74, 6) is -0.904. The van der Waals surface area contributed by atoms with Gasteiger partial charge in [0.15, 0.2) is 0 Å². The molecule has 0 bridgehead atoms. The second-order valence-corrected chi connectivity index (χ2v) is 2.70. The van der Waals surface area contributed by atoms with Gasteiger partial charge in [0.1, 0.15) is 5.69 Å². The summed E-state index contributed by atoms with van der Waals surface area (Å²) in [6, 6.07) is 0. The normalized spacial score (nSPS) is 10.2. The summed E-state index contributed by atoms with van der Waals surface area (Å²) >= 11 is 0. The van der Waals surface area contributed by atoms with E-state index in [4.69, 9.17) is 5.11 Å². The van der Waals surface area contributed by atoms with Crippen molar-refractivity contribution >= 4 is 5.97 Å². The molecule has 0 saturated heterocycles. The number of hydrogen-bond acceptors (Lipinski definition) is 2. The fraction of sp³-hybridized carbons (Fsp3) is 0.500. The molecule has 0 aliphatic rings. The monoisotopic (exact) mass is 168 g/mol. The Balaban J connectivity index is 3.04. The zero-order valence-corrected chi connectivity index (χ0v) is 7.24. The fourth-order valence-corrected chi connectivity index (χ4v) is 1.14. The van der Waals surface area contributed by atoms with Crippen molar-refractivity contribution in [1.82, 2.24) is 9.78 Å². The van der Waals surface area contributed by atoms with Gasteiger partial charge in [-0.2, -0.15) is 5.10 Å². The lowest BCUT2D eigenvalue weighted by Crippen LogP contribution is -2.10. The van der Waals surface area contributed by atoms with Crippen molar-refractivity contribution in [2.24, 2.45) is 0 Å². The summed E-state index contributed by atoms with van der Waals surface area (Å²) in [5, 5.41) is 12.8. The molecule has 0 fully saturated rings. The van der Waals surface area contributed by atoms with E-state index in [1.807, 2.05) is 6.92 Å². The summed E-state index contributed by atoms with van der Waals surface area (Å²) in [6.45, 7) is 4.40. The standard InChI is InChI=1S/C8H12N2O2/c1-3-4-10-7(8(11)12)6(2)5-9-10/h5H,3-4H2,1-2H3,(H,11,12). The van der Waals surface area contributed by atoms with Crippen LogP contribution in [0.25, 0.3) is 0 Å². The van der Waals surface area contributed by atoms with Crippen LogP contribution in [0.5, 0.6) is 0 Å². The maximum atomic E-state index is 10.7. The van der Waals surface area contributed by atoms with Gasteiger partial charge in [-0.1, -0.05) is 6.92 Å². The lowest BCUT2D eigenvalue weighted by molar-refractivity contribution is 0.0682. The molecule has 1 heterocycles. The van der Waals surface area contributed by atoms with Gasteiger partial charge in [-0.3, -0.25) is 4.68 Å². The first-order chi connectivity index (χ1) is 5.66. The number of aromatic nitrogens is 2. The van der Waals surface area contributed by atoms with E-state index in [9.17, 15) is 4.79 Å². The largest absolute Gasteiger partial charge is 0.477 e. The molecule has 1 aromatic rings. The number of carbonyl (C=O) groups is 1. The number of aromatic carboxylic acids is 1. The van der Waals surface area contributed by atoms with Crippen molar-refractivity contribution in [3.05, 3.63) is 17.5 Å². The molecule has 0 radical (unpaired) electrons. The molecule has 66 valence electrons. The van der Waals surface area contributed by atoms with Crippen molar-refractivity contribution in [3.63, 3.8) is 0 Å². The number of nitrogens with zero attached hydrogens (tertiary/aromatic N) is 2. The molecule has 0 aliphatic heterocycles. The molecule has 0 aliphatic carbocycles. The average Bonchev–Trinajstić information content (AvgIpc) is 2.32. The zero-order valence-electron chi connectivity index (χ0n) is 7.24. The van der Waals surface area contributed by atoms with Crippen LogP contribution in [0.15, 0.2) is 6.20 Å². The summed E-state index contributed by atoms with van der Waals surface area (Å²) in [7, 11) is 0. The fourth-order valence-electron chi connectivity index (χ4n) is 1.14. The first-order valence-corrected chi connectivity index (χ1v) is 3.92. The van der Waals surface area contributed by atoms with Gasteiger partial charge in [-0.25, -0.2) is 4.79 Å². The van der Waals surface area contributed by atoms with Crippen LogP contribution in [0.3, 0.4) is 0 Å². The third-order valence-corrected chi connectivity index (χ3v) is 1.66. The third-order valence-electron chi connectivity index (χ3n) is 1.66. The van der Waals surface area contributed by atoms with Crippen molar-refractivity contribution in [2.75, 3.05) is 0 Å². The minimum Gasteiger partial charge on any atom is -0.477 e. The Morgan fingerprint density at radius 3 is 2.92 bits per heavy atom. The zero-order chi connectivity index (χ0) is 9.14. The highest BCUT2D eigenvalue weighted by atomic mass is 16.4. The molecule has 0 saturated carbocycles. The smallest absolute Gasteiger partial charge is 0.354 e. The third kappa shape index (κ3) is 1.47. The molecular formula is C8H12N2O2. The molecule has 12 heavy (non-hydrogen) atoms. The topological polar surface area (TPSA) is 55.1 Å². The minimum absolute atomic E-state index is 0.303. The quantitative estimate of drug-likeness (QED) is 0.740. The highest BCUT2D eigenvalue weighted by Gasteiger charge is 2.13. The Hall–Kier alpha value is -1.32. The maximum absolute atomic E-state index is 10.7. The lowest BCUT2D eigenvalue weighted by Gasteiger charge is -2.01. The van der Waals surface area contributed by atoms with Gasteiger partial charge in [0.25, 0.3) is 0 Å². The second kappa shape index (κ2) is 3.38. The van der Waals surface area contributed by atoms with Crippen LogP contribution in [0.2, 0.25) is 0 Å². The van der Waals surface area contributed by atoms with E-state index in [2.05, 4.69) is 5.10 Å². The van der Waals surface area contributed by atoms with E-state index >= 15 is 0 Å². The molecule has 1 rings (SSSR count). The molecule has 1 aromatic heterocycles. The van der Waals surface area contributed by atoms with Crippen LogP contribution in [0.1, 0.15) is 29.4 Å². The average molecular weight is 168 g/mol. The van der Waals surface area contributed by atoms with E-state index in [0.717, 1.165) is 12.0 Å². The van der Waals surface area contributed by atoms with Gasteiger partial charge in [0, 0.05) is 12.1 Å². The number of aryl methyl sites for hydroxylation is 2. The molecule has 0 aromatic carbocycles. The van der Waals surface area contributed by atoms with Gasteiger partial charge in [0.2, 0.25) is 0 Å². The number of hydrogen-bond donors (Lipinski definition) is 1. The van der Waals surface area contributed by atoms with Crippen LogP contribution in [-0.4, -0.2) is 20.9 Å². The van der Waals surface area contributed by atoms with Crippen LogP contribution >= 0.6 is 0 Å². The van der Waals surface area contributed by atoms with Gasteiger partial charge in [-0.05, 0) is 13.3 Å². The van der Waals surface area contributed by atoms with Crippen LogP contribution in [-0.2, 0) is 6.54 Å². The summed E-state index contributed by atoms with van der Waals surface area (Å²) in [5.41, 5.74) is 1.02. The van der Waals surface area contributed by atoms with E-state index in [1.165, 1.54) is 4.68 Å². The van der Waals surface area contributed by atoms with Crippen molar-refractivity contribution < 1.29 is 9.90 Å². The summed E-state index contributed by atoms with van der Waals surface area (Å²) in [6.07, 6.45) is 2.47. The minimum atomic E-state index is -0.904. The molecule has 4 heteroatoms. The summed E-state index contributed by atoms with van der Waals surface area (Å²) in [4.78, 5) is 10.7. The predicted octanol–water partition coefficient (Wildman–Crippen LogP) is 1.30. The van der Waals surface area contributed by atoms with Crippen LogP contribution < -0.4 is 0 Å². The van der Waals surface area contributed by atoms with Gasteiger partial charge in [-0.15, -0.1) is 0 Å². The Labute approximate surface area is 70.8 Å². The van der Waals surface area contributed by atoms with Crippen molar-refractivity contribution in [2.45, 2.75) is 26.8 Å². The van der Waals surface area contributed by atoms with Crippen molar-refractivity contribution in [3.8, 4) is 0 Å². The maximum Gasteiger partial charge on any atom is 0.354 e. The van der Waals surface area contributed by atoms with Gasteiger partial charge >= 0.3 is 5.97 Å². The number of carboxylic acid groups (broad SMARTS) is 1. The first-order valence-electron chi connectivity index (χ1n) is 3.92. The van der Waals surface area contributed by atoms with E-state index in [-0.39, 0.29) is 0 Å². The van der Waals surface area contributed by atoms with E-state index < -0.39 is 5.97 Å².